The second-order valence-electron chi connectivity index (χ2n) is 4.26. The van der Waals surface area contributed by atoms with Gasteiger partial charge in [0.25, 0.3) is 5.91 Å². The molecule has 0 heterocycles. The molecule has 0 atom stereocenters. The number of nitrogens with one attached hydrogen (secondary N) is 1. The summed E-state index contributed by atoms with van der Waals surface area (Å²) in [4.78, 5) is 14.8. The Morgan fingerprint density at radius 1 is 1.44 bits per heavy atom. The number of carbonyl (C=O) groups excluding carboxylic acids is 1. The third-order valence-corrected chi connectivity index (χ3v) is 3.47. The average molecular weight is 267 g/mol. The van der Waals surface area contributed by atoms with Crippen molar-refractivity contribution in [1.29, 1.82) is 0 Å². The molecular formula is C13H21N3OS. The molecule has 100 valence electrons. The number of nitrogens with two attached hydrogens (primary N) is 1. The highest BCUT2D eigenvalue weighted by Gasteiger charge is 2.07. The zero-order chi connectivity index (χ0) is 13.5. The molecule has 1 rings (SSSR count). The number of thioether (sulfide) groups is 1. The Bertz CT molecular complexity index is 407. The van der Waals surface area contributed by atoms with E-state index in [9.17, 15) is 4.79 Å². The van der Waals surface area contributed by atoms with Gasteiger partial charge in [0.2, 0.25) is 0 Å². The van der Waals surface area contributed by atoms with Crippen molar-refractivity contribution in [2.45, 2.75) is 11.8 Å². The molecule has 4 nitrogen and oxygen atoms in total. The van der Waals surface area contributed by atoms with Crippen molar-refractivity contribution in [3.8, 4) is 0 Å². The number of carbonyl (C=O) groups is 1. The Kier molecular flexibility index (Phi) is 6.01. The second kappa shape index (κ2) is 7.28. The van der Waals surface area contributed by atoms with E-state index in [0.29, 0.717) is 17.8 Å². The Hall–Kier alpha value is -1.20. The van der Waals surface area contributed by atoms with E-state index in [1.54, 1.807) is 17.8 Å². The lowest BCUT2D eigenvalue weighted by Gasteiger charge is -2.11. The summed E-state index contributed by atoms with van der Waals surface area (Å²) in [6.45, 7) is 3.52. The maximum Gasteiger partial charge on any atom is 0.251 e. The van der Waals surface area contributed by atoms with Crippen LogP contribution in [0, 0.1) is 0 Å². The molecule has 0 fully saturated rings. The molecule has 0 unspecified atom stereocenters. The zero-order valence-corrected chi connectivity index (χ0v) is 12.0. The van der Waals surface area contributed by atoms with E-state index in [4.69, 9.17) is 5.73 Å². The first-order chi connectivity index (χ1) is 8.54. The Balaban J connectivity index is 2.65. The number of hydrogen-bond acceptors (Lipinski definition) is 4. The van der Waals surface area contributed by atoms with E-state index in [2.05, 4.69) is 10.2 Å². The van der Waals surface area contributed by atoms with Gasteiger partial charge in [0.15, 0.2) is 0 Å². The van der Waals surface area contributed by atoms with Crippen LogP contribution < -0.4 is 11.1 Å². The Morgan fingerprint density at radius 3 is 2.72 bits per heavy atom. The minimum Gasteiger partial charge on any atom is -0.398 e. The van der Waals surface area contributed by atoms with Crippen LogP contribution in [0.3, 0.4) is 0 Å². The fourth-order valence-corrected chi connectivity index (χ4v) is 2.49. The van der Waals surface area contributed by atoms with Crippen molar-refractivity contribution in [1.82, 2.24) is 10.2 Å². The molecule has 3 N–H and O–H groups in total. The van der Waals surface area contributed by atoms with Gasteiger partial charge in [-0.1, -0.05) is 0 Å². The van der Waals surface area contributed by atoms with Gasteiger partial charge < -0.3 is 16.0 Å². The lowest BCUT2D eigenvalue weighted by molar-refractivity contribution is 0.0956. The molecule has 0 aliphatic carbocycles. The quantitative estimate of drug-likeness (QED) is 0.608. The first kappa shape index (κ1) is 14.9. The summed E-state index contributed by atoms with van der Waals surface area (Å²) < 4.78 is 0. The number of rotatable bonds is 6. The van der Waals surface area contributed by atoms with Crippen molar-refractivity contribution in [2.75, 3.05) is 38.7 Å². The summed E-state index contributed by atoms with van der Waals surface area (Å²) in [5.41, 5.74) is 7.24. The molecule has 5 heteroatoms. The van der Waals surface area contributed by atoms with Gasteiger partial charge in [-0.25, -0.2) is 0 Å². The first-order valence-corrected chi connectivity index (χ1v) is 6.98. The van der Waals surface area contributed by atoms with Gasteiger partial charge in [0, 0.05) is 35.0 Å². The number of amides is 1. The Morgan fingerprint density at radius 2 is 2.17 bits per heavy atom. The van der Waals surface area contributed by atoms with Gasteiger partial charge in [-0.15, -0.1) is 11.8 Å². The van der Waals surface area contributed by atoms with Crippen molar-refractivity contribution in [3.63, 3.8) is 0 Å². The van der Waals surface area contributed by atoms with Gasteiger partial charge in [-0.2, -0.15) is 0 Å². The summed E-state index contributed by atoms with van der Waals surface area (Å²) >= 11 is 1.71. The van der Waals surface area contributed by atoms with Gasteiger partial charge in [0.05, 0.1) is 0 Å². The zero-order valence-electron chi connectivity index (χ0n) is 11.2. The monoisotopic (exact) mass is 267 g/mol. The van der Waals surface area contributed by atoms with Crippen LogP contribution in [0.15, 0.2) is 23.1 Å². The van der Waals surface area contributed by atoms with Gasteiger partial charge in [-0.05, 0) is 39.2 Å². The highest BCUT2D eigenvalue weighted by Crippen LogP contribution is 2.25. The SMILES string of the molecule is CCNC(=O)c1ccc(SCCN(C)C)c(N)c1. The largest absolute Gasteiger partial charge is 0.398 e. The fourth-order valence-electron chi connectivity index (χ4n) is 1.42. The van der Waals surface area contributed by atoms with Crippen LogP contribution in [0.5, 0.6) is 0 Å². The van der Waals surface area contributed by atoms with Crippen molar-refractivity contribution >= 4 is 23.4 Å². The van der Waals surface area contributed by atoms with Crippen LogP contribution in [0.4, 0.5) is 5.69 Å². The molecule has 18 heavy (non-hydrogen) atoms. The number of nitrogen functional groups attached to an aromatic ring is 1. The number of hydrogen-bond donors (Lipinski definition) is 2. The van der Waals surface area contributed by atoms with Crippen LogP contribution in [0.2, 0.25) is 0 Å². The van der Waals surface area contributed by atoms with Crippen LogP contribution >= 0.6 is 11.8 Å². The molecule has 0 bridgehead atoms. The van der Waals surface area contributed by atoms with Crippen LogP contribution in [0.25, 0.3) is 0 Å². The highest BCUT2D eigenvalue weighted by molar-refractivity contribution is 7.99. The van der Waals surface area contributed by atoms with E-state index in [0.717, 1.165) is 17.2 Å². The minimum atomic E-state index is -0.0750. The summed E-state index contributed by atoms with van der Waals surface area (Å²) in [6.07, 6.45) is 0. The molecule has 0 saturated heterocycles. The predicted molar refractivity (Wildman–Crippen MR) is 78.1 cm³/mol. The molecule has 0 spiro atoms. The molecule has 1 amide bonds. The second-order valence-corrected chi connectivity index (χ2v) is 5.40. The molecule has 0 aliphatic rings. The van der Waals surface area contributed by atoms with Crippen LogP contribution in [0.1, 0.15) is 17.3 Å². The standard InChI is InChI=1S/C13H21N3OS/c1-4-15-13(17)10-5-6-12(11(14)9-10)18-8-7-16(2)3/h5-6,9H,4,7-8,14H2,1-3H3,(H,15,17). The van der Waals surface area contributed by atoms with E-state index >= 15 is 0 Å². The molecule has 0 aliphatic heterocycles. The van der Waals surface area contributed by atoms with E-state index in [1.165, 1.54) is 0 Å². The van der Waals surface area contributed by atoms with E-state index < -0.39 is 0 Å². The molecule has 1 aromatic carbocycles. The van der Waals surface area contributed by atoms with Gasteiger partial charge in [0.1, 0.15) is 0 Å². The van der Waals surface area contributed by atoms with Crippen molar-refractivity contribution in [2.24, 2.45) is 0 Å². The van der Waals surface area contributed by atoms with E-state index in [1.807, 2.05) is 33.2 Å². The minimum absolute atomic E-state index is 0.0750. The predicted octanol–water partition coefficient (Wildman–Crippen LogP) is 1.67. The summed E-state index contributed by atoms with van der Waals surface area (Å²) in [5.74, 6) is 0.909. The maximum atomic E-state index is 11.6. The molecule has 0 aromatic heterocycles. The van der Waals surface area contributed by atoms with Crippen LogP contribution in [-0.2, 0) is 0 Å². The van der Waals surface area contributed by atoms with Crippen molar-refractivity contribution in [3.05, 3.63) is 23.8 Å². The lowest BCUT2D eigenvalue weighted by atomic mass is 10.2. The summed E-state index contributed by atoms with van der Waals surface area (Å²) in [6, 6.07) is 5.47. The first-order valence-electron chi connectivity index (χ1n) is 5.99. The lowest BCUT2D eigenvalue weighted by Crippen LogP contribution is -2.22. The van der Waals surface area contributed by atoms with E-state index in [-0.39, 0.29) is 5.91 Å². The molecule has 0 saturated carbocycles. The van der Waals surface area contributed by atoms with Crippen LogP contribution in [-0.4, -0.2) is 43.7 Å². The number of benzene rings is 1. The number of nitrogens with zero attached hydrogens (tertiary/aromatic N) is 1. The number of anilines is 1. The molecule has 1 aromatic rings. The Labute approximate surface area is 113 Å². The third-order valence-electron chi connectivity index (χ3n) is 2.41. The fraction of sp³-hybridized carbons (Fsp3) is 0.462. The third kappa shape index (κ3) is 4.58. The normalized spacial score (nSPS) is 10.7. The highest BCUT2D eigenvalue weighted by atomic mass is 32.2. The van der Waals surface area contributed by atoms with Gasteiger partial charge in [-0.3, -0.25) is 4.79 Å². The molecule has 0 radical (unpaired) electrons. The summed E-state index contributed by atoms with van der Waals surface area (Å²) in [7, 11) is 4.09. The molecular weight excluding hydrogens is 246 g/mol. The van der Waals surface area contributed by atoms with Gasteiger partial charge >= 0.3 is 0 Å². The average Bonchev–Trinajstić information content (AvgIpc) is 2.31. The maximum absolute atomic E-state index is 11.6. The summed E-state index contributed by atoms with van der Waals surface area (Å²) in [5, 5.41) is 2.76. The topological polar surface area (TPSA) is 58.4 Å². The van der Waals surface area contributed by atoms with Crippen molar-refractivity contribution < 1.29 is 4.79 Å². The smallest absolute Gasteiger partial charge is 0.251 e.